The van der Waals surface area contributed by atoms with E-state index in [0.717, 1.165) is 24.5 Å². The predicted octanol–water partition coefficient (Wildman–Crippen LogP) is 3.11. The molecule has 1 atom stereocenters. The van der Waals surface area contributed by atoms with Crippen LogP contribution in [0.3, 0.4) is 0 Å². The number of aromatic nitrogens is 2. The highest BCUT2D eigenvalue weighted by Gasteiger charge is 2.20. The van der Waals surface area contributed by atoms with Crippen LogP contribution in [0.15, 0.2) is 30.3 Å². The molecule has 104 valence electrons. The van der Waals surface area contributed by atoms with Crippen LogP contribution in [-0.4, -0.2) is 9.97 Å². The third-order valence-electron chi connectivity index (χ3n) is 3.80. The third-order valence-corrected chi connectivity index (χ3v) is 3.80. The van der Waals surface area contributed by atoms with Gasteiger partial charge in [0.15, 0.2) is 0 Å². The van der Waals surface area contributed by atoms with Gasteiger partial charge in [-0.2, -0.15) is 0 Å². The largest absolute Gasteiger partial charge is 0.384 e. The second-order valence-corrected chi connectivity index (χ2v) is 5.24. The summed E-state index contributed by atoms with van der Waals surface area (Å²) in [6.45, 7) is 2.04. The first kappa shape index (κ1) is 12.9. The number of hydrogen-bond donors (Lipinski definition) is 2. The van der Waals surface area contributed by atoms with Gasteiger partial charge in [-0.3, -0.25) is 0 Å². The van der Waals surface area contributed by atoms with Gasteiger partial charge >= 0.3 is 0 Å². The van der Waals surface area contributed by atoms with Gasteiger partial charge in [0.25, 0.3) is 0 Å². The Morgan fingerprint density at radius 1 is 1.30 bits per heavy atom. The van der Waals surface area contributed by atoms with Crippen molar-refractivity contribution in [1.29, 1.82) is 0 Å². The smallest absolute Gasteiger partial charge is 0.132 e. The third kappa shape index (κ3) is 2.59. The van der Waals surface area contributed by atoms with Gasteiger partial charge in [-0.15, -0.1) is 0 Å². The van der Waals surface area contributed by atoms with Crippen molar-refractivity contribution < 1.29 is 0 Å². The molecule has 0 spiro atoms. The highest BCUT2D eigenvalue weighted by Crippen LogP contribution is 2.32. The SMILES string of the molecule is CCc1nc(N)cc(NC2CCCc3ccccc32)n1. The molecule has 0 amide bonds. The predicted molar refractivity (Wildman–Crippen MR) is 81.6 cm³/mol. The van der Waals surface area contributed by atoms with Crippen molar-refractivity contribution in [2.45, 2.75) is 38.6 Å². The maximum absolute atomic E-state index is 5.84. The Balaban J connectivity index is 1.87. The Morgan fingerprint density at radius 3 is 3.00 bits per heavy atom. The fraction of sp³-hybridized carbons (Fsp3) is 0.375. The van der Waals surface area contributed by atoms with Crippen molar-refractivity contribution in [3.63, 3.8) is 0 Å². The molecule has 0 radical (unpaired) electrons. The second-order valence-electron chi connectivity index (χ2n) is 5.24. The molecular formula is C16H20N4. The quantitative estimate of drug-likeness (QED) is 0.897. The zero-order chi connectivity index (χ0) is 13.9. The number of aryl methyl sites for hydroxylation is 2. The molecule has 0 fully saturated rings. The molecule has 0 saturated heterocycles. The maximum atomic E-state index is 5.84. The molecule has 3 rings (SSSR count). The lowest BCUT2D eigenvalue weighted by Gasteiger charge is -2.26. The first-order valence-electron chi connectivity index (χ1n) is 7.24. The Hall–Kier alpha value is -2.10. The number of fused-ring (bicyclic) bond motifs is 1. The number of hydrogen-bond acceptors (Lipinski definition) is 4. The van der Waals surface area contributed by atoms with Gasteiger partial charge in [0, 0.05) is 12.5 Å². The van der Waals surface area contributed by atoms with Crippen LogP contribution in [0.2, 0.25) is 0 Å². The van der Waals surface area contributed by atoms with Crippen molar-refractivity contribution in [3.8, 4) is 0 Å². The maximum Gasteiger partial charge on any atom is 0.132 e. The van der Waals surface area contributed by atoms with Crippen molar-refractivity contribution in [3.05, 3.63) is 47.3 Å². The van der Waals surface area contributed by atoms with E-state index in [1.54, 1.807) is 0 Å². The molecule has 2 aromatic rings. The van der Waals surface area contributed by atoms with E-state index in [4.69, 9.17) is 5.73 Å². The van der Waals surface area contributed by atoms with E-state index in [2.05, 4.69) is 39.6 Å². The van der Waals surface area contributed by atoms with Crippen LogP contribution in [-0.2, 0) is 12.8 Å². The summed E-state index contributed by atoms with van der Waals surface area (Å²) in [6, 6.07) is 10.8. The standard InChI is InChI=1S/C16H20N4/c1-2-15-19-14(17)10-16(20-15)18-13-9-5-7-11-6-3-4-8-12(11)13/h3-4,6,8,10,13H,2,5,7,9H2,1H3,(H3,17,18,19,20). The minimum absolute atomic E-state index is 0.318. The first-order valence-corrected chi connectivity index (χ1v) is 7.24. The lowest BCUT2D eigenvalue weighted by Crippen LogP contribution is -2.18. The summed E-state index contributed by atoms with van der Waals surface area (Å²) in [7, 11) is 0. The van der Waals surface area contributed by atoms with Crippen molar-refractivity contribution in [2.24, 2.45) is 0 Å². The van der Waals surface area contributed by atoms with Crippen molar-refractivity contribution in [2.75, 3.05) is 11.1 Å². The fourth-order valence-electron chi connectivity index (χ4n) is 2.83. The Morgan fingerprint density at radius 2 is 2.15 bits per heavy atom. The van der Waals surface area contributed by atoms with Gasteiger partial charge < -0.3 is 11.1 Å². The summed E-state index contributed by atoms with van der Waals surface area (Å²) in [5.74, 6) is 2.15. The molecule has 0 aliphatic heterocycles. The summed E-state index contributed by atoms with van der Waals surface area (Å²) in [5, 5.41) is 3.52. The van der Waals surface area contributed by atoms with Crippen LogP contribution in [0.4, 0.5) is 11.6 Å². The molecule has 1 unspecified atom stereocenters. The molecular weight excluding hydrogens is 248 g/mol. The van der Waals surface area contributed by atoms with Gasteiger partial charge in [-0.1, -0.05) is 31.2 Å². The number of nitrogens with two attached hydrogens (primary N) is 1. The van der Waals surface area contributed by atoms with Crippen LogP contribution in [0, 0.1) is 0 Å². The van der Waals surface area contributed by atoms with Gasteiger partial charge in [0.05, 0.1) is 6.04 Å². The molecule has 20 heavy (non-hydrogen) atoms. The molecule has 1 aromatic heterocycles. The van der Waals surface area contributed by atoms with Crippen molar-refractivity contribution in [1.82, 2.24) is 9.97 Å². The summed E-state index contributed by atoms with van der Waals surface area (Å²) >= 11 is 0. The van der Waals surface area contributed by atoms with E-state index in [1.165, 1.54) is 24.0 Å². The summed E-state index contributed by atoms with van der Waals surface area (Å²) in [5.41, 5.74) is 8.67. The summed E-state index contributed by atoms with van der Waals surface area (Å²) in [6.07, 6.45) is 4.29. The first-order chi connectivity index (χ1) is 9.76. The van der Waals surface area contributed by atoms with Crippen LogP contribution in [0.1, 0.15) is 42.8 Å². The zero-order valence-electron chi connectivity index (χ0n) is 11.8. The molecule has 1 aliphatic rings. The minimum atomic E-state index is 0.318. The van der Waals surface area contributed by atoms with E-state index in [9.17, 15) is 0 Å². The Bertz CT molecular complexity index is 609. The summed E-state index contributed by atoms with van der Waals surface area (Å²) < 4.78 is 0. The highest BCUT2D eigenvalue weighted by molar-refractivity contribution is 5.47. The lowest BCUT2D eigenvalue weighted by molar-refractivity contribution is 0.598. The fourth-order valence-corrected chi connectivity index (χ4v) is 2.83. The molecule has 1 heterocycles. The molecule has 3 N–H and O–H groups in total. The number of nitrogens with zero attached hydrogens (tertiary/aromatic N) is 2. The van der Waals surface area contributed by atoms with Gasteiger partial charge in [-0.25, -0.2) is 9.97 Å². The van der Waals surface area contributed by atoms with Gasteiger partial charge in [0.2, 0.25) is 0 Å². The average Bonchev–Trinajstić information content (AvgIpc) is 2.47. The lowest BCUT2D eigenvalue weighted by atomic mass is 9.88. The zero-order valence-corrected chi connectivity index (χ0v) is 11.8. The normalized spacial score (nSPS) is 17.6. The van der Waals surface area contributed by atoms with Gasteiger partial charge in [-0.05, 0) is 30.4 Å². The van der Waals surface area contributed by atoms with E-state index in [-0.39, 0.29) is 0 Å². The average molecular weight is 268 g/mol. The second kappa shape index (κ2) is 5.49. The molecule has 1 aromatic carbocycles. The van der Waals surface area contributed by atoms with Crippen LogP contribution in [0.25, 0.3) is 0 Å². The van der Waals surface area contributed by atoms with E-state index >= 15 is 0 Å². The molecule has 4 nitrogen and oxygen atoms in total. The number of nitrogens with one attached hydrogen (secondary N) is 1. The molecule has 1 aliphatic carbocycles. The molecule has 4 heteroatoms. The van der Waals surface area contributed by atoms with E-state index in [0.29, 0.717) is 11.9 Å². The van der Waals surface area contributed by atoms with Crippen molar-refractivity contribution >= 4 is 11.6 Å². The minimum Gasteiger partial charge on any atom is -0.384 e. The number of benzene rings is 1. The Labute approximate surface area is 119 Å². The number of anilines is 2. The highest BCUT2D eigenvalue weighted by atomic mass is 15.1. The van der Waals surface area contributed by atoms with Gasteiger partial charge in [0.1, 0.15) is 17.5 Å². The van der Waals surface area contributed by atoms with Crippen LogP contribution < -0.4 is 11.1 Å². The van der Waals surface area contributed by atoms with Crippen LogP contribution in [0.5, 0.6) is 0 Å². The molecule has 0 saturated carbocycles. The molecule has 0 bridgehead atoms. The monoisotopic (exact) mass is 268 g/mol. The summed E-state index contributed by atoms with van der Waals surface area (Å²) in [4.78, 5) is 8.73. The van der Waals surface area contributed by atoms with E-state index < -0.39 is 0 Å². The topological polar surface area (TPSA) is 63.8 Å². The van der Waals surface area contributed by atoms with E-state index in [1.807, 2.05) is 13.0 Å². The number of rotatable bonds is 3. The van der Waals surface area contributed by atoms with Crippen LogP contribution >= 0.6 is 0 Å². The number of nitrogen functional groups attached to an aromatic ring is 1. The Kier molecular flexibility index (Phi) is 3.54.